The zero-order valence-electron chi connectivity index (χ0n) is 21.7. The molecule has 1 aromatic heterocycles. The van der Waals surface area contributed by atoms with Gasteiger partial charge in [-0.05, 0) is 74.6 Å². The van der Waals surface area contributed by atoms with Crippen LogP contribution in [0.25, 0.3) is 21.7 Å². The van der Waals surface area contributed by atoms with Crippen LogP contribution >= 0.6 is 0 Å². The molecule has 37 heavy (non-hydrogen) atoms. The van der Waals surface area contributed by atoms with E-state index in [-0.39, 0.29) is 23.6 Å². The number of nitrogens with one attached hydrogen (secondary N) is 1. The van der Waals surface area contributed by atoms with Crippen molar-refractivity contribution in [2.75, 3.05) is 13.1 Å². The summed E-state index contributed by atoms with van der Waals surface area (Å²) in [6, 6.07) is 18.7. The van der Waals surface area contributed by atoms with Gasteiger partial charge in [-0.2, -0.15) is 5.10 Å². The highest BCUT2D eigenvalue weighted by Crippen LogP contribution is 2.48. The van der Waals surface area contributed by atoms with E-state index in [9.17, 15) is 9.59 Å². The molecule has 7 heteroatoms. The van der Waals surface area contributed by atoms with E-state index >= 15 is 0 Å². The Hall–Kier alpha value is -3.87. The van der Waals surface area contributed by atoms with Crippen LogP contribution in [0.15, 0.2) is 60.8 Å². The molecule has 7 nitrogen and oxygen atoms in total. The number of benzene rings is 3. The Labute approximate surface area is 216 Å². The van der Waals surface area contributed by atoms with E-state index in [0.717, 1.165) is 29.3 Å². The molecule has 190 valence electrons. The Morgan fingerprint density at radius 1 is 1.03 bits per heavy atom. The molecule has 1 aliphatic heterocycles. The van der Waals surface area contributed by atoms with Crippen molar-refractivity contribution in [3.8, 4) is 0 Å². The van der Waals surface area contributed by atoms with Gasteiger partial charge in [0.25, 0.3) is 5.91 Å². The number of fused-ring (bicyclic) bond motifs is 2. The Morgan fingerprint density at radius 3 is 2.49 bits per heavy atom. The maximum atomic E-state index is 13.5. The molecule has 0 radical (unpaired) electrons. The topological polar surface area (TPSA) is 76.5 Å². The average molecular weight is 497 g/mol. The fourth-order valence-corrected chi connectivity index (χ4v) is 5.25. The molecule has 6 rings (SSSR count). The van der Waals surface area contributed by atoms with Gasteiger partial charge in [-0.3, -0.25) is 9.48 Å². The van der Waals surface area contributed by atoms with E-state index in [1.54, 1.807) is 4.90 Å². The third-order valence-electron chi connectivity index (χ3n) is 7.41. The van der Waals surface area contributed by atoms with Crippen LogP contribution in [0.2, 0.25) is 0 Å². The van der Waals surface area contributed by atoms with Crippen molar-refractivity contribution < 1.29 is 14.3 Å². The molecule has 1 saturated heterocycles. The SMILES string of the molecule is Cc1cc2cn(C3CN(C(=O)OC(C)(C)C)C3)nc2cc1C(=O)NC1(c2cccc3ccccc23)CC1. The van der Waals surface area contributed by atoms with E-state index in [2.05, 4.69) is 35.6 Å². The molecule has 0 spiro atoms. The van der Waals surface area contributed by atoms with Crippen molar-refractivity contribution >= 4 is 33.7 Å². The Balaban J connectivity index is 1.20. The second kappa shape index (κ2) is 8.33. The van der Waals surface area contributed by atoms with Crippen molar-refractivity contribution in [3.63, 3.8) is 0 Å². The van der Waals surface area contributed by atoms with Crippen LogP contribution < -0.4 is 5.32 Å². The molecule has 2 amide bonds. The first-order valence-corrected chi connectivity index (χ1v) is 12.9. The summed E-state index contributed by atoms with van der Waals surface area (Å²) < 4.78 is 7.36. The molecule has 3 aromatic carbocycles. The van der Waals surface area contributed by atoms with Crippen LogP contribution in [-0.4, -0.2) is 45.4 Å². The number of hydrogen-bond donors (Lipinski definition) is 1. The van der Waals surface area contributed by atoms with Gasteiger partial charge in [-0.15, -0.1) is 0 Å². The first-order chi connectivity index (χ1) is 17.6. The Bertz CT molecular complexity index is 1530. The van der Waals surface area contributed by atoms with E-state index in [0.29, 0.717) is 18.7 Å². The molecule has 2 heterocycles. The summed E-state index contributed by atoms with van der Waals surface area (Å²) in [6.45, 7) is 8.69. The molecule has 0 atom stereocenters. The van der Waals surface area contributed by atoms with Gasteiger partial charge in [0.05, 0.1) is 17.1 Å². The van der Waals surface area contributed by atoms with Gasteiger partial charge in [0, 0.05) is 30.2 Å². The molecule has 4 aromatic rings. The minimum atomic E-state index is -0.510. The summed E-state index contributed by atoms with van der Waals surface area (Å²) in [5.41, 5.74) is 2.69. The molecule has 2 aliphatic rings. The lowest BCUT2D eigenvalue weighted by atomic mass is 9.96. The molecule has 1 N–H and O–H groups in total. The van der Waals surface area contributed by atoms with Crippen LogP contribution in [0.1, 0.15) is 61.1 Å². The molecule has 1 aliphatic carbocycles. The number of amides is 2. The van der Waals surface area contributed by atoms with Crippen molar-refractivity contribution in [1.82, 2.24) is 20.0 Å². The maximum Gasteiger partial charge on any atom is 0.410 e. The predicted octanol–water partition coefficient (Wildman–Crippen LogP) is 5.71. The molecular weight excluding hydrogens is 464 g/mol. The zero-order valence-corrected chi connectivity index (χ0v) is 21.7. The van der Waals surface area contributed by atoms with Crippen molar-refractivity contribution in [1.29, 1.82) is 0 Å². The maximum absolute atomic E-state index is 13.5. The largest absolute Gasteiger partial charge is 0.444 e. The highest BCUT2D eigenvalue weighted by atomic mass is 16.6. The number of ether oxygens (including phenoxy) is 1. The fraction of sp³-hybridized carbons (Fsp3) is 0.367. The van der Waals surface area contributed by atoms with Crippen molar-refractivity contribution in [3.05, 3.63) is 77.5 Å². The predicted molar refractivity (Wildman–Crippen MR) is 144 cm³/mol. The van der Waals surface area contributed by atoms with Crippen LogP contribution in [0.4, 0.5) is 4.79 Å². The summed E-state index contributed by atoms with van der Waals surface area (Å²) in [6.07, 6.45) is 3.56. The highest BCUT2D eigenvalue weighted by Gasteiger charge is 2.46. The van der Waals surface area contributed by atoms with Crippen LogP contribution in [-0.2, 0) is 10.3 Å². The van der Waals surface area contributed by atoms with Gasteiger partial charge in [0.2, 0.25) is 0 Å². The molecule has 1 saturated carbocycles. The second-order valence-corrected chi connectivity index (χ2v) is 11.4. The number of aryl methyl sites for hydroxylation is 1. The monoisotopic (exact) mass is 496 g/mol. The quantitative estimate of drug-likeness (QED) is 0.393. The van der Waals surface area contributed by atoms with Crippen LogP contribution in [0.3, 0.4) is 0 Å². The molecule has 0 bridgehead atoms. The van der Waals surface area contributed by atoms with Gasteiger partial charge < -0.3 is 15.0 Å². The Kier molecular flexibility index (Phi) is 5.30. The number of rotatable bonds is 4. The summed E-state index contributed by atoms with van der Waals surface area (Å²) in [5.74, 6) is -0.0703. The standard InChI is InChI=1S/C30H32N4O3/c1-19-14-21-16-34(22-17-33(18-22)28(36)37-29(2,3)4)32-26(21)15-24(19)27(35)31-30(12-13-30)25-11-7-9-20-8-5-6-10-23(20)25/h5-11,14-16,22H,12-13,17-18H2,1-4H3,(H,31,35). The number of carbonyl (C=O) groups is 2. The van der Waals surface area contributed by atoms with Gasteiger partial charge >= 0.3 is 6.09 Å². The van der Waals surface area contributed by atoms with Crippen molar-refractivity contribution in [2.45, 2.75) is 57.7 Å². The van der Waals surface area contributed by atoms with Gasteiger partial charge in [-0.1, -0.05) is 42.5 Å². The number of hydrogen-bond acceptors (Lipinski definition) is 4. The molecule has 2 fully saturated rings. The average Bonchev–Trinajstić information content (AvgIpc) is 3.47. The summed E-state index contributed by atoms with van der Waals surface area (Å²) in [4.78, 5) is 27.5. The van der Waals surface area contributed by atoms with Gasteiger partial charge in [-0.25, -0.2) is 4.79 Å². The summed E-state index contributed by atoms with van der Waals surface area (Å²) in [5, 5.41) is 11.5. The molecular formula is C30H32N4O3. The minimum absolute atomic E-state index is 0.0703. The minimum Gasteiger partial charge on any atom is -0.444 e. The number of aromatic nitrogens is 2. The first-order valence-electron chi connectivity index (χ1n) is 12.9. The number of carbonyl (C=O) groups excluding carboxylic acids is 2. The smallest absolute Gasteiger partial charge is 0.410 e. The lowest BCUT2D eigenvalue weighted by Gasteiger charge is -2.39. The zero-order chi connectivity index (χ0) is 25.9. The van der Waals surface area contributed by atoms with Crippen LogP contribution in [0.5, 0.6) is 0 Å². The van der Waals surface area contributed by atoms with E-state index in [4.69, 9.17) is 9.84 Å². The second-order valence-electron chi connectivity index (χ2n) is 11.4. The van der Waals surface area contributed by atoms with Crippen LogP contribution in [0, 0.1) is 6.92 Å². The number of likely N-dealkylation sites (tertiary alicyclic amines) is 1. The third kappa shape index (κ3) is 4.32. The Morgan fingerprint density at radius 2 is 1.76 bits per heavy atom. The van der Waals surface area contributed by atoms with E-state index in [1.807, 2.05) is 62.8 Å². The normalized spacial score (nSPS) is 17.0. The third-order valence-corrected chi connectivity index (χ3v) is 7.41. The number of nitrogens with zero attached hydrogens (tertiary/aromatic N) is 3. The van der Waals surface area contributed by atoms with E-state index in [1.165, 1.54) is 16.3 Å². The fourth-order valence-electron chi connectivity index (χ4n) is 5.25. The van der Waals surface area contributed by atoms with Crippen molar-refractivity contribution in [2.24, 2.45) is 0 Å². The van der Waals surface area contributed by atoms with Gasteiger partial charge in [0.15, 0.2) is 0 Å². The lowest BCUT2D eigenvalue weighted by Crippen LogP contribution is -2.52. The first kappa shape index (κ1) is 23.5. The summed E-state index contributed by atoms with van der Waals surface area (Å²) in [7, 11) is 0. The van der Waals surface area contributed by atoms with Gasteiger partial charge in [0.1, 0.15) is 5.60 Å². The summed E-state index contributed by atoms with van der Waals surface area (Å²) >= 11 is 0. The highest BCUT2D eigenvalue weighted by molar-refractivity contribution is 6.00. The molecule has 0 unspecified atom stereocenters. The lowest BCUT2D eigenvalue weighted by molar-refractivity contribution is -0.000304. The van der Waals surface area contributed by atoms with E-state index < -0.39 is 5.60 Å².